The summed E-state index contributed by atoms with van der Waals surface area (Å²) in [5, 5.41) is 3.35. The summed E-state index contributed by atoms with van der Waals surface area (Å²) >= 11 is 0. The van der Waals surface area contributed by atoms with Crippen molar-refractivity contribution in [2.45, 2.75) is 38.8 Å². The van der Waals surface area contributed by atoms with Crippen LogP contribution in [0.5, 0.6) is 11.5 Å². The third-order valence-electron chi connectivity index (χ3n) is 3.90. The van der Waals surface area contributed by atoms with Crippen molar-refractivity contribution in [2.75, 3.05) is 33.9 Å². The Labute approximate surface area is 144 Å². The lowest BCUT2D eigenvalue weighted by molar-refractivity contribution is 0.0122. The Kier molecular flexibility index (Phi) is 5.94. The summed E-state index contributed by atoms with van der Waals surface area (Å²) in [6, 6.07) is 5.90. The highest BCUT2D eigenvalue weighted by Crippen LogP contribution is 2.28. The molecule has 1 atom stereocenters. The van der Waals surface area contributed by atoms with Crippen molar-refractivity contribution in [1.29, 1.82) is 0 Å². The van der Waals surface area contributed by atoms with Crippen molar-refractivity contribution in [3.05, 3.63) is 23.8 Å². The molecule has 1 amide bonds. The van der Waals surface area contributed by atoms with Gasteiger partial charge in [-0.1, -0.05) is 6.07 Å². The van der Waals surface area contributed by atoms with Gasteiger partial charge in [-0.05, 0) is 44.9 Å². The molecule has 2 rings (SSSR count). The average molecular weight is 336 g/mol. The third-order valence-corrected chi connectivity index (χ3v) is 3.90. The van der Waals surface area contributed by atoms with E-state index in [2.05, 4.69) is 5.32 Å². The number of carbonyl (C=O) groups excluding carboxylic acids is 1. The monoisotopic (exact) mass is 336 g/mol. The van der Waals surface area contributed by atoms with Gasteiger partial charge >= 0.3 is 6.09 Å². The molecule has 0 spiro atoms. The minimum atomic E-state index is -0.490. The van der Waals surface area contributed by atoms with Crippen molar-refractivity contribution < 1.29 is 19.0 Å². The number of carbonyl (C=O) groups is 1. The van der Waals surface area contributed by atoms with Crippen LogP contribution in [-0.2, 0) is 11.2 Å². The summed E-state index contributed by atoms with van der Waals surface area (Å²) in [6.45, 7) is 7.82. The Balaban J connectivity index is 2.12. The topological polar surface area (TPSA) is 60.0 Å². The summed E-state index contributed by atoms with van der Waals surface area (Å²) in [5.41, 5.74) is 0.602. The highest BCUT2D eigenvalue weighted by atomic mass is 16.6. The van der Waals surface area contributed by atoms with E-state index in [1.807, 2.05) is 43.9 Å². The van der Waals surface area contributed by atoms with E-state index >= 15 is 0 Å². The van der Waals surface area contributed by atoms with Gasteiger partial charge < -0.3 is 24.4 Å². The Morgan fingerprint density at radius 2 is 1.96 bits per heavy atom. The molecule has 1 aromatic carbocycles. The number of hydrogen-bond donors (Lipinski definition) is 1. The maximum atomic E-state index is 12.5. The van der Waals surface area contributed by atoms with Crippen LogP contribution in [0.25, 0.3) is 0 Å². The van der Waals surface area contributed by atoms with Crippen molar-refractivity contribution in [3.63, 3.8) is 0 Å². The van der Waals surface area contributed by atoms with Gasteiger partial charge in [-0.25, -0.2) is 4.79 Å². The number of nitrogens with zero attached hydrogens (tertiary/aromatic N) is 1. The first-order chi connectivity index (χ1) is 11.3. The summed E-state index contributed by atoms with van der Waals surface area (Å²) in [7, 11) is 3.24. The van der Waals surface area contributed by atoms with Crippen molar-refractivity contribution in [1.82, 2.24) is 10.2 Å². The maximum Gasteiger partial charge on any atom is 0.410 e. The molecule has 1 fully saturated rings. The maximum absolute atomic E-state index is 12.5. The molecule has 0 saturated carbocycles. The van der Waals surface area contributed by atoms with Crippen LogP contribution in [0.3, 0.4) is 0 Å². The molecule has 134 valence electrons. The first-order valence-electron chi connectivity index (χ1n) is 8.25. The Bertz CT molecular complexity index is 569. The molecule has 0 aliphatic carbocycles. The Morgan fingerprint density at radius 1 is 1.25 bits per heavy atom. The molecule has 1 unspecified atom stereocenters. The predicted molar refractivity (Wildman–Crippen MR) is 92.8 cm³/mol. The summed E-state index contributed by atoms with van der Waals surface area (Å²) < 4.78 is 16.2. The van der Waals surface area contributed by atoms with Gasteiger partial charge in [-0.3, -0.25) is 0 Å². The van der Waals surface area contributed by atoms with Gasteiger partial charge in [0.25, 0.3) is 0 Å². The molecular weight excluding hydrogens is 308 g/mol. The number of piperazine rings is 1. The zero-order valence-corrected chi connectivity index (χ0v) is 15.2. The number of rotatable bonds is 4. The van der Waals surface area contributed by atoms with Gasteiger partial charge in [0.15, 0.2) is 11.5 Å². The van der Waals surface area contributed by atoms with Crippen LogP contribution in [0.2, 0.25) is 0 Å². The van der Waals surface area contributed by atoms with Gasteiger partial charge in [0.05, 0.1) is 20.3 Å². The SMILES string of the molecule is COc1ccc(CC2CNCCN2C(=O)OC(C)(C)C)cc1OC. The molecule has 1 heterocycles. The van der Waals surface area contributed by atoms with Crippen LogP contribution in [0.1, 0.15) is 26.3 Å². The summed E-state index contributed by atoms with van der Waals surface area (Å²) in [5.74, 6) is 1.40. The fraction of sp³-hybridized carbons (Fsp3) is 0.611. The van der Waals surface area contributed by atoms with Gasteiger partial charge in [-0.2, -0.15) is 0 Å². The van der Waals surface area contributed by atoms with E-state index in [1.54, 1.807) is 14.2 Å². The number of hydrogen-bond acceptors (Lipinski definition) is 5. The molecule has 1 N–H and O–H groups in total. The Morgan fingerprint density at radius 3 is 2.58 bits per heavy atom. The largest absolute Gasteiger partial charge is 0.493 e. The summed E-state index contributed by atoms with van der Waals surface area (Å²) in [4.78, 5) is 14.3. The van der Waals surface area contributed by atoms with E-state index in [-0.39, 0.29) is 12.1 Å². The molecule has 1 aliphatic heterocycles. The predicted octanol–water partition coefficient (Wildman–Crippen LogP) is 2.46. The molecule has 0 bridgehead atoms. The number of benzene rings is 1. The zero-order valence-electron chi connectivity index (χ0n) is 15.2. The smallest absolute Gasteiger partial charge is 0.410 e. The van der Waals surface area contributed by atoms with Gasteiger partial charge in [0.1, 0.15) is 5.60 Å². The number of ether oxygens (including phenoxy) is 3. The molecule has 1 aliphatic rings. The van der Waals surface area contributed by atoms with Gasteiger partial charge in [-0.15, -0.1) is 0 Å². The van der Waals surface area contributed by atoms with Crippen LogP contribution in [0.4, 0.5) is 4.79 Å². The van der Waals surface area contributed by atoms with Crippen LogP contribution in [-0.4, -0.2) is 56.5 Å². The fourth-order valence-electron chi connectivity index (χ4n) is 2.78. The number of amides is 1. The highest BCUT2D eigenvalue weighted by Gasteiger charge is 2.30. The lowest BCUT2D eigenvalue weighted by atomic mass is 10.0. The van der Waals surface area contributed by atoms with Crippen LogP contribution in [0, 0.1) is 0 Å². The van der Waals surface area contributed by atoms with Gasteiger partial charge in [0, 0.05) is 19.6 Å². The Hall–Kier alpha value is -1.95. The molecule has 24 heavy (non-hydrogen) atoms. The van der Waals surface area contributed by atoms with E-state index in [0.29, 0.717) is 18.0 Å². The second-order valence-corrected chi connectivity index (χ2v) is 6.93. The third kappa shape index (κ3) is 4.77. The highest BCUT2D eigenvalue weighted by molar-refractivity contribution is 5.69. The van der Waals surface area contributed by atoms with E-state index in [1.165, 1.54) is 0 Å². The molecule has 0 aromatic heterocycles. The lowest BCUT2D eigenvalue weighted by Gasteiger charge is -2.37. The molecule has 6 nitrogen and oxygen atoms in total. The normalized spacial score (nSPS) is 18.2. The van der Waals surface area contributed by atoms with Crippen molar-refractivity contribution in [3.8, 4) is 11.5 Å². The fourth-order valence-corrected chi connectivity index (χ4v) is 2.78. The van der Waals surface area contributed by atoms with Crippen LogP contribution < -0.4 is 14.8 Å². The lowest BCUT2D eigenvalue weighted by Crippen LogP contribution is -2.55. The minimum absolute atomic E-state index is 0.0479. The van der Waals surface area contributed by atoms with Crippen LogP contribution in [0.15, 0.2) is 18.2 Å². The van der Waals surface area contributed by atoms with Crippen LogP contribution >= 0.6 is 0 Å². The molecule has 0 radical (unpaired) electrons. The average Bonchev–Trinajstić information content (AvgIpc) is 2.53. The standard InChI is InChI=1S/C18H28N2O4/c1-18(2,3)24-17(21)20-9-8-19-12-14(20)10-13-6-7-15(22-4)16(11-13)23-5/h6-7,11,14,19H,8-10,12H2,1-5H3. The molecule has 6 heteroatoms. The van der Waals surface area contributed by atoms with E-state index in [0.717, 1.165) is 25.1 Å². The molecule has 1 saturated heterocycles. The van der Waals surface area contributed by atoms with E-state index in [4.69, 9.17) is 14.2 Å². The second-order valence-electron chi connectivity index (χ2n) is 6.93. The van der Waals surface area contributed by atoms with E-state index in [9.17, 15) is 4.79 Å². The van der Waals surface area contributed by atoms with Crippen molar-refractivity contribution in [2.24, 2.45) is 0 Å². The number of nitrogens with one attached hydrogen (secondary N) is 1. The number of methoxy groups -OCH3 is 2. The summed E-state index contributed by atoms with van der Waals surface area (Å²) in [6.07, 6.45) is 0.474. The quantitative estimate of drug-likeness (QED) is 0.915. The van der Waals surface area contributed by atoms with Gasteiger partial charge in [0.2, 0.25) is 0 Å². The second kappa shape index (κ2) is 7.75. The van der Waals surface area contributed by atoms with E-state index < -0.39 is 5.60 Å². The van der Waals surface area contributed by atoms with Crippen molar-refractivity contribution >= 4 is 6.09 Å². The molecule has 1 aromatic rings. The molecular formula is C18H28N2O4. The first kappa shape index (κ1) is 18.4. The first-order valence-corrected chi connectivity index (χ1v) is 8.25. The zero-order chi connectivity index (χ0) is 17.7. The minimum Gasteiger partial charge on any atom is -0.493 e.